The fraction of sp³-hybridized carbons (Fsp3) is 0.444. The van der Waals surface area contributed by atoms with Crippen LogP contribution in [-0.2, 0) is 4.79 Å². The molecule has 0 N–H and O–H groups in total. The highest BCUT2D eigenvalue weighted by atomic mass is 32.2. The van der Waals surface area contributed by atoms with Crippen molar-refractivity contribution in [3.63, 3.8) is 0 Å². The summed E-state index contributed by atoms with van der Waals surface area (Å²) in [4.78, 5) is 14.4. The Hall–Kier alpha value is -0.180. The Labute approximate surface area is 118 Å². The zero-order valence-corrected chi connectivity index (χ0v) is 12.9. The number of carbonyl (C=O) groups excluding carboxylic acids is 1. The predicted octanol–water partition coefficient (Wildman–Crippen LogP) is 2.35. The van der Waals surface area contributed by atoms with Crippen LogP contribution in [0.4, 0.5) is 0 Å². The summed E-state index contributed by atoms with van der Waals surface area (Å²) in [6.45, 7) is 2.54. The molecule has 0 aromatic carbocycles. The van der Waals surface area contributed by atoms with Crippen LogP contribution in [0, 0.1) is 0 Å². The maximum absolute atomic E-state index is 12.1. The second kappa shape index (κ2) is 5.21. The molecule has 1 saturated heterocycles. The minimum Gasteiger partial charge on any atom is -0.293 e. The monoisotopic (exact) mass is 305 g/mol. The second-order valence-electron chi connectivity index (χ2n) is 3.25. The zero-order chi connectivity index (χ0) is 12.6. The summed E-state index contributed by atoms with van der Waals surface area (Å²) in [7, 11) is 1.85. The van der Waals surface area contributed by atoms with E-state index >= 15 is 0 Å². The maximum Gasteiger partial charge on any atom is 0.268 e. The number of hydrogen-bond acceptors (Lipinski definition) is 7. The minimum absolute atomic E-state index is 0.00518. The third kappa shape index (κ3) is 2.35. The molecule has 1 fully saturated rings. The Morgan fingerprint density at radius 1 is 1.47 bits per heavy atom. The number of amides is 1. The van der Waals surface area contributed by atoms with Crippen molar-refractivity contribution < 1.29 is 4.79 Å². The van der Waals surface area contributed by atoms with Crippen LogP contribution in [0.1, 0.15) is 6.92 Å². The number of nitrogens with zero attached hydrogens (tertiary/aromatic N) is 3. The van der Waals surface area contributed by atoms with Crippen molar-refractivity contribution in [3.05, 3.63) is 9.93 Å². The van der Waals surface area contributed by atoms with Crippen LogP contribution < -0.4 is 0 Å². The van der Waals surface area contributed by atoms with Gasteiger partial charge in [-0.1, -0.05) is 24.0 Å². The number of likely N-dealkylation sites (N-methyl/N-ethyl adjacent to an activating group) is 1. The van der Waals surface area contributed by atoms with Gasteiger partial charge in [-0.25, -0.2) is 0 Å². The summed E-state index contributed by atoms with van der Waals surface area (Å²) in [6, 6.07) is 0. The van der Waals surface area contributed by atoms with E-state index in [-0.39, 0.29) is 5.91 Å². The molecule has 0 atom stereocenters. The number of thiocarbonyl (C=S) groups is 1. The lowest BCUT2D eigenvalue weighted by molar-refractivity contribution is -0.122. The summed E-state index contributed by atoms with van der Waals surface area (Å²) in [5, 5.41) is 6.96. The van der Waals surface area contributed by atoms with E-state index < -0.39 is 0 Å². The molecule has 2 rings (SSSR count). The Kier molecular flexibility index (Phi) is 4.06. The molecule has 92 valence electrons. The Morgan fingerprint density at radius 2 is 2.18 bits per heavy atom. The van der Waals surface area contributed by atoms with Gasteiger partial charge in [-0.05, 0) is 24.9 Å². The molecule has 2 aliphatic heterocycles. The Morgan fingerprint density at radius 3 is 2.65 bits per heavy atom. The van der Waals surface area contributed by atoms with Gasteiger partial charge in [0.1, 0.15) is 14.3 Å². The van der Waals surface area contributed by atoms with Gasteiger partial charge < -0.3 is 0 Å². The maximum atomic E-state index is 12.1. The lowest BCUT2D eigenvalue weighted by Gasteiger charge is -2.11. The molecule has 0 bridgehead atoms. The molecule has 2 heterocycles. The molecular weight excluding hydrogens is 294 g/mol. The second-order valence-corrected chi connectivity index (χ2v) is 6.92. The van der Waals surface area contributed by atoms with Crippen LogP contribution in [0.2, 0.25) is 0 Å². The van der Waals surface area contributed by atoms with E-state index in [0.717, 1.165) is 9.40 Å². The fourth-order valence-corrected chi connectivity index (χ4v) is 4.49. The molecule has 0 aliphatic carbocycles. The van der Waals surface area contributed by atoms with Gasteiger partial charge in [0, 0.05) is 13.6 Å². The van der Waals surface area contributed by atoms with Crippen molar-refractivity contribution >= 4 is 62.1 Å². The van der Waals surface area contributed by atoms with Crippen LogP contribution >= 0.6 is 47.5 Å². The molecule has 1 amide bonds. The van der Waals surface area contributed by atoms with Crippen LogP contribution in [0.15, 0.2) is 15.0 Å². The van der Waals surface area contributed by atoms with Crippen LogP contribution in [0.5, 0.6) is 0 Å². The van der Waals surface area contributed by atoms with Crippen molar-refractivity contribution in [1.82, 2.24) is 9.91 Å². The molecule has 0 unspecified atom stereocenters. The number of carbonyl (C=O) groups is 1. The summed E-state index contributed by atoms with van der Waals surface area (Å²) in [5.74, 6) is -0.00518. The van der Waals surface area contributed by atoms with Gasteiger partial charge in [0.15, 0.2) is 4.38 Å². The highest BCUT2D eigenvalue weighted by Crippen LogP contribution is 2.42. The smallest absolute Gasteiger partial charge is 0.268 e. The van der Waals surface area contributed by atoms with Gasteiger partial charge in [0.2, 0.25) is 0 Å². The first kappa shape index (κ1) is 13.3. The van der Waals surface area contributed by atoms with E-state index in [1.807, 2.05) is 20.2 Å². The number of thioether (sulfide) groups is 3. The third-order valence-corrected chi connectivity index (χ3v) is 5.91. The highest BCUT2D eigenvalue weighted by molar-refractivity contribution is 8.40. The molecule has 17 heavy (non-hydrogen) atoms. The summed E-state index contributed by atoms with van der Waals surface area (Å²) < 4.78 is 1.58. The first-order chi connectivity index (χ1) is 8.08. The molecule has 0 spiro atoms. The van der Waals surface area contributed by atoms with Crippen LogP contribution in [-0.4, -0.2) is 44.4 Å². The molecule has 8 heteroatoms. The lowest BCUT2D eigenvalue weighted by atomic mass is 10.5. The third-order valence-electron chi connectivity index (χ3n) is 2.24. The van der Waals surface area contributed by atoms with Crippen molar-refractivity contribution in [1.29, 1.82) is 0 Å². The Balaban J connectivity index is 2.30. The van der Waals surface area contributed by atoms with Gasteiger partial charge in [-0.3, -0.25) is 14.7 Å². The summed E-state index contributed by atoms with van der Waals surface area (Å²) in [6.07, 6.45) is 1.97. The quantitative estimate of drug-likeness (QED) is 0.547. The van der Waals surface area contributed by atoms with E-state index in [9.17, 15) is 4.79 Å². The lowest BCUT2D eigenvalue weighted by Crippen LogP contribution is -2.27. The van der Waals surface area contributed by atoms with E-state index in [4.69, 9.17) is 12.2 Å². The molecule has 0 aromatic heterocycles. The zero-order valence-electron chi connectivity index (χ0n) is 9.59. The predicted molar refractivity (Wildman–Crippen MR) is 80.9 cm³/mol. The molecule has 0 saturated carbocycles. The molecule has 2 aliphatic rings. The topological polar surface area (TPSA) is 35.9 Å². The van der Waals surface area contributed by atoms with E-state index in [2.05, 4.69) is 5.10 Å². The van der Waals surface area contributed by atoms with Crippen molar-refractivity contribution in [2.75, 3.05) is 19.8 Å². The molecule has 0 radical (unpaired) electrons. The number of rotatable bonds is 1. The van der Waals surface area contributed by atoms with Crippen molar-refractivity contribution in [2.45, 2.75) is 6.92 Å². The van der Waals surface area contributed by atoms with Crippen LogP contribution in [0.25, 0.3) is 0 Å². The first-order valence-electron chi connectivity index (χ1n) is 4.90. The number of hydrogen-bond donors (Lipinski definition) is 0. The first-order valence-corrected chi connectivity index (χ1v) is 8.17. The minimum atomic E-state index is -0.00518. The molecule has 0 aromatic rings. The molecular formula is C9H11N3OS4. The van der Waals surface area contributed by atoms with Gasteiger partial charge in [0.05, 0.1) is 0 Å². The van der Waals surface area contributed by atoms with E-state index in [1.165, 1.54) is 23.5 Å². The average molecular weight is 305 g/mol. The summed E-state index contributed by atoms with van der Waals surface area (Å²) >= 11 is 9.65. The average Bonchev–Trinajstić information content (AvgIpc) is 2.80. The Bertz CT molecular complexity index is 446. The van der Waals surface area contributed by atoms with Gasteiger partial charge >= 0.3 is 0 Å². The van der Waals surface area contributed by atoms with Crippen molar-refractivity contribution in [3.8, 4) is 0 Å². The largest absolute Gasteiger partial charge is 0.293 e. The van der Waals surface area contributed by atoms with E-state index in [0.29, 0.717) is 15.8 Å². The van der Waals surface area contributed by atoms with Gasteiger partial charge in [0.25, 0.3) is 5.91 Å². The van der Waals surface area contributed by atoms with Crippen molar-refractivity contribution in [2.24, 2.45) is 5.10 Å². The van der Waals surface area contributed by atoms with Gasteiger partial charge in [-0.2, -0.15) is 5.10 Å². The standard InChI is InChI=1S/C9H11N3OS4/c1-4-12-6(13)5(16-9(12)14)7-11(2)10-8(15-3)17-7/h4H2,1-3H3/b7-5+. The van der Waals surface area contributed by atoms with E-state index in [1.54, 1.807) is 21.7 Å². The summed E-state index contributed by atoms with van der Waals surface area (Å²) in [5.41, 5.74) is 0. The van der Waals surface area contributed by atoms with Gasteiger partial charge in [-0.15, -0.1) is 11.8 Å². The highest BCUT2D eigenvalue weighted by Gasteiger charge is 2.36. The molecule has 4 nitrogen and oxygen atoms in total. The van der Waals surface area contributed by atoms with Crippen LogP contribution in [0.3, 0.4) is 0 Å². The number of hydrazone groups is 1. The SMILES string of the molecule is CCN1C(=O)/C(=C2\SC(SC)=NN2C)SC1=S. The normalized spacial score (nSPS) is 25.0. The fourth-order valence-electron chi connectivity index (χ4n) is 1.41.